The lowest BCUT2D eigenvalue weighted by molar-refractivity contribution is -0.137. The highest BCUT2D eigenvalue weighted by Crippen LogP contribution is 2.29. The monoisotopic (exact) mass is 405 g/mol. The van der Waals surface area contributed by atoms with Gasteiger partial charge in [0.2, 0.25) is 0 Å². The van der Waals surface area contributed by atoms with Gasteiger partial charge < -0.3 is 5.32 Å². The normalized spacial score (nSPS) is 18.2. The molecule has 2 N–H and O–H groups in total. The Morgan fingerprint density at radius 3 is 2.62 bits per heavy atom. The van der Waals surface area contributed by atoms with E-state index in [2.05, 4.69) is 14.6 Å². The number of likely N-dealkylation sites (tertiary alicyclic amines) is 1. The van der Waals surface area contributed by atoms with Crippen LogP contribution in [0.5, 0.6) is 0 Å². The number of aromatic amines is 1. The Morgan fingerprint density at radius 1 is 1.35 bits per heavy atom. The lowest BCUT2D eigenvalue weighted by Gasteiger charge is -2.17. The summed E-state index contributed by atoms with van der Waals surface area (Å²) in [7, 11) is 0. The summed E-state index contributed by atoms with van der Waals surface area (Å²) in [6.45, 7) is 1.79. The van der Waals surface area contributed by atoms with Gasteiger partial charge in [-0.1, -0.05) is 35.3 Å². The summed E-state index contributed by atoms with van der Waals surface area (Å²) in [5.74, 6) is -0.403. The number of hydrogen-bond donors (Lipinski definition) is 2. The first-order valence-corrected chi connectivity index (χ1v) is 9.00. The van der Waals surface area contributed by atoms with Gasteiger partial charge >= 0.3 is 6.18 Å². The minimum absolute atomic E-state index is 0.106. The van der Waals surface area contributed by atoms with E-state index in [0.717, 1.165) is 29.2 Å². The number of amides is 1. The second-order valence-electron chi connectivity index (χ2n) is 6.07. The van der Waals surface area contributed by atoms with Crippen LogP contribution in [0.1, 0.15) is 27.2 Å². The quantitative estimate of drug-likeness (QED) is 0.821. The number of aromatic nitrogens is 1. The molecule has 1 saturated heterocycles. The average molecular weight is 406 g/mol. The zero-order valence-corrected chi connectivity index (χ0v) is 15.0. The lowest BCUT2D eigenvalue weighted by Crippen LogP contribution is -2.36. The van der Waals surface area contributed by atoms with Gasteiger partial charge in [0.05, 0.1) is 5.56 Å². The van der Waals surface area contributed by atoms with E-state index in [1.54, 1.807) is 0 Å². The Hall–Kier alpha value is -1.84. The van der Waals surface area contributed by atoms with Gasteiger partial charge in [0.15, 0.2) is 0 Å². The summed E-state index contributed by atoms with van der Waals surface area (Å²) < 4.78 is 40.2. The van der Waals surface area contributed by atoms with Crippen LogP contribution in [0.15, 0.2) is 29.1 Å². The van der Waals surface area contributed by atoms with Crippen molar-refractivity contribution < 1.29 is 18.0 Å². The second kappa shape index (κ2) is 7.42. The molecule has 3 rings (SSSR count). The Labute approximate surface area is 155 Å². The fourth-order valence-electron chi connectivity index (χ4n) is 2.84. The molecule has 5 nitrogen and oxygen atoms in total. The molecule has 1 aliphatic heterocycles. The standard InChI is InChI=1S/C16H15ClF3N3O2S/c17-12-13(26-22-14(12)24)15(25)21-11-5-6-23(8-11)7-9-1-3-10(4-2-9)16(18,19)20/h1-4,11H,5-8H2,(H,21,25)(H,22,24). The van der Waals surface area contributed by atoms with Crippen LogP contribution in [0.4, 0.5) is 13.2 Å². The highest BCUT2D eigenvalue weighted by atomic mass is 35.5. The smallest absolute Gasteiger partial charge is 0.347 e. The van der Waals surface area contributed by atoms with Gasteiger partial charge in [-0.05, 0) is 24.1 Å². The minimum atomic E-state index is -4.34. The number of nitrogens with zero attached hydrogens (tertiary/aromatic N) is 1. The number of alkyl halides is 3. The van der Waals surface area contributed by atoms with Crippen LogP contribution in [0.25, 0.3) is 0 Å². The van der Waals surface area contributed by atoms with Crippen LogP contribution in [-0.4, -0.2) is 34.3 Å². The van der Waals surface area contributed by atoms with Gasteiger partial charge in [-0.2, -0.15) is 13.2 Å². The highest BCUT2D eigenvalue weighted by Gasteiger charge is 2.30. The molecule has 2 aromatic rings. The Kier molecular flexibility index (Phi) is 5.40. The van der Waals surface area contributed by atoms with Gasteiger partial charge in [-0.3, -0.25) is 18.9 Å². The fourth-order valence-corrected chi connectivity index (χ4v) is 3.77. The lowest BCUT2D eigenvalue weighted by atomic mass is 10.1. The van der Waals surface area contributed by atoms with Crippen molar-refractivity contribution in [1.82, 2.24) is 14.6 Å². The Morgan fingerprint density at radius 2 is 2.04 bits per heavy atom. The first-order valence-electron chi connectivity index (χ1n) is 7.80. The van der Waals surface area contributed by atoms with E-state index in [4.69, 9.17) is 11.6 Å². The molecule has 0 radical (unpaired) electrons. The number of rotatable bonds is 4. The number of H-pyrrole nitrogens is 1. The minimum Gasteiger partial charge on any atom is -0.347 e. The van der Waals surface area contributed by atoms with Gasteiger partial charge in [0.25, 0.3) is 11.5 Å². The van der Waals surface area contributed by atoms with Crippen LogP contribution in [0.3, 0.4) is 0 Å². The molecule has 140 valence electrons. The molecule has 0 saturated carbocycles. The van der Waals surface area contributed by atoms with Crippen molar-refractivity contribution in [2.45, 2.75) is 25.2 Å². The first kappa shape index (κ1) is 18.9. The van der Waals surface area contributed by atoms with Crippen molar-refractivity contribution in [2.75, 3.05) is 13.1 Å². The van der Waals surface area contributed by atoms with Crippen LogP contribution in [-0.2, 0) is 12.7 Å². The molecule has 26 heavy (non-hydrogen) atoms. The molecule has 1 atom stereocenters. The Bertz CT molecular complexity index is 848. The van der Waals surface area contributed by atoms with Gasteiger partial charge in [0.1, 0.15) is 9.90 Å². The van der Waals surface area contributed by atoms with E-state index in [0.29, 0.717) is 26.1 Å². The van der Waals surface area contributed by atoms with E-state index in [1.807, 2.05) is 0 Å². The summed E-state index contributed by atoms with van der Waals surface area (Å²) in [5.41, 5.74) is -0.385. The third-order valence-corrected chi connectivity index (χ3v) is 5.50. The van der Waals surface area contributed by atoms with Crippen molar-refractivity contribution in [2.24, 2.45) is 0 Å². The highest BCUT2D eigenvalue weighted by molar-refractivity contribution is 7.08. The third kappa shape index (κ3) is 4.28. The van der Waals surface area contributed by atoms with Gasteiger partial charge in [0, 0.05) is 25.7 Å². The summed E-state index contributed by atoms with van der Waals surface area (Å²) in [4.78, 5) is 25.7. The topological polar surface area (TPSA) is 65.2 Å². The second-order valence-corrected chi connectivity index (χ2v) is 7.26. The SMILES string of the molecule is O=C(NC1CCN(Cc2ccc(C(F)(F)F)cc2)C1)c1s[nH]c(=O)c1Cl. The molecule has 1 fully saturated rings. The molecule has 2 heterocycles. The van der Waals surface area contributed by atoms with Crippen LogP contribution in [0.2, 0.25) is 5.02 Å². The molecule has 1 aromatic carbocycles. The summed E-state index contributed by atoms with van der Waals surface area (Å²) in [6, 6.07) is 4.96. The molecule has 10 heteroatoms. The number of carbonyl (C=O) groups is 1. The molecule has 0 spiro atoms. The number of benzene rings is 1. The van der Waals surface area contributed by atoms with E-state index < -0.39 is 23.2 Å². The van der Waals surface area contributed by atoms with Gasteiger partial charge in [-0.15, -0.1) is 0 Å². The maximum atomic E-state index is 12.6. The van der Waals surface area contributed by atoms with Crippen molar-refractivity contribution in [3.8, 4) is 0 Å². The third-order valence-electron chi connectivity index (χ3n) is 4.15. The summed E-state index contributed by atoms with van der Waals surface area (Å²) >= 11 is 6.67. The molecule has 0 bridgehead atoms. The van der Waals surface area contributed by atoms with Crippen LogP contribution >= 0.6 is 23.1 Å². The maximum absolute atomic E-state index is 12.6. The largest absolute Gasteiger partial charge is 0.416 e. The number of nitrogens with one attached hydrogen (secondary N) is 2. The predicted molar refractivity (Wildman–Crippen MR) is 92.5 cm³/mol. The Balaban J connectivity index is 1.55. The van der Waals surface area contributed by atoms with E-state index in [-0.39, 0.29) is 15.9 Å². The molecule has 1 amide bonds. The number of carbonyl (C=O) groups excluding carboxylic acids is 1. The molecule has 0 aliphatic carbocycles. The van der Waals surface area contributed by atoms with Crippen LogP contribution < -0.4 is 10.9 Å². The molecular formula is C16H15ClF3N3O2S. The predicted octanol–water partition coefficient (Wildman–Crippen LogP) is 3.11. The maximum Gasteiger partial charge on any atom is 0.416 e. The molecule has 1 aromatic heterocycles. The first-order chi connectivity index (χ1) is 12.2. The molecular weight excluding hydrogens is 391 g/mol. The van der Waals surface area contributed by atoms with E-state index >= 15 is 0 Å². The zero-order valence-electron chi connectivity index (χ0n) is 13.4. The van der Waals surface area contributed by atoms with E-state index in [1.165, 1.54) is 12.1 Å². The van der Waals surface area contributed by atoms with Crippen LogP contribution in [0, 0.1) is 0 Å². The van der Waals surface area contributed by atoms with Crippen molar-refractivity contribution in [3.63, 3.8) is 0 Å². The summed E-state index contributed by atoms with van der Waals surface area (Å²) in [5, 5.41) is 2.71. The average Bonchev–Trinajstić information content (AvgIpc) is 3.14. The zero-order chi connectivity index (χ0) is 18.9. The fraction of sp³-hybridized carbons (Fsp3) is 0.375. The number of halogens is 4. The van der Waals surface area contributed by atoms with Gasteiger partial charge in [-0.25, -0.2) is 0 Å². The molecule has 1 aliphatic rings. The van der Waals surface area contributed by atoms with E-state index in [9.17, 15) is 22.8 Å². The number of hydrogen-bond acceptors (Lipinski definition) is 4. The van der Waals surface area contributed by atoms with Crippen molar-refractivity contribution >= 4 is 29.0 Å². The molecule has 1 unspecified atom stereocenters. The van der Waals surface area contributed by atoms with Crippen molar-refractivity contribution in [3.05, 3.63) is 55.6 Å². The van der Waals surface area contributed by atoms with Crippen molar-refractivity contribution in [1.29, 1.82) is 0 Å². The summed E-state index contributed by atoms with van der Waals surface area (Å²) in [6.07, 6.45) is -3.63.